The number of esters is 1. The monoisotopic (exact) mass is 264 g/mol. The van der Waals surface area contributed by atoms with Crippen molar-refractivity contribution in [2.24, 2.45) is 0 Å². The first-order valence-corrected chi connectivity index (χ1v) is 6.20. The van der Waals surface area contributed by atoms with E-state index in [0.717, 1.165) is 0 Å². The van der Waals surface area contributed by atoms with Crippen molar-refractivity contribution in [1.82, 2.24) is 0 Å². The lowest BCUT2D eigenvalue weighted by Crippen LogP contribution is -2.43. The largest absolute Gasteiger partial charge is 0.481 e. The summed E-state index contributed by atoms with van der Waals surface area (Å²) in [6.07, 6.45) is 0.213. The molecular formula is C11H22NO4S+. The van der Waals surface area contributed by atoms with Crippen LogP contribution in [0, 0.1) is 0 Å². The maximum Gasteiger partial charge on any atom is 0.307 e. The van der Waals surface area contributed by atoms with Gasteiger partial charge in [-0.15, -0.1) is 0 Å². The van der Waals surface area contributed by atoms with Gasteiger partial charge in [0.25, 0.3) is 0 Å². The fourth-order valence-electron chi connectivity index (χ4n) is 1.42. The maximum absolute atomic E-state index is 11.4. The first-order valence-electron chi connectivity index (χ1n) is 5.57. The molecule has 0 heterocycles. The number of carbonyl (C=O) groups is 2. The second-order valence-corrected chi connectivity index (χ2v) is 5.46. The van der Waals surface area contributed by atoms with Crippen LogP contribution < -0.4 is 0 Å². The fraction of sp³-hybridized carbons (Fsp3) is 0.818. The average molecular weight is 264 g/mol. The Labute approximate surface area is 108 Å². The molecule has 0 saturated carbocycles. The summed E-state index contributed by atoms with van der Waals surface area (Å²) in [5.41, 5.74) is 0. The van der Waals surface area contributed by atoms with Gasteiger partial charge < -0.3 is 14.3 Å². The Morgan fingerprint density at radius 3 is 2.35 bits per heavy atom. The molecule has 6 heteroatoms. The molecule has 0 aliphatic rings. The maximum atomic E-state index is 11.4. The van der Waals surface area contributed by atoms with E-state index in [-0.39, 0.29) is 18.8 Å². The minimum absolute atomic E-state index is 0.151. The predicted molar refractivity (Wildman–Crippen MR) is 68.1 cm³/mol. The van der Waals surface area contributed by atoms with Gasteiger partial charge in [0, 0.05) is 6.42 Å². The van der Waals surface area contributed by atoms with Crippen molar-refractivity contribution in [2.45, 2.75) is 25.4 Å². The molecule has 1 unspecified atom stereocenters. The number of hydrogen-bond donors (Lipinski definition) is 2. The van der Waals surface area contributed by atoms with Crippen molar-refractivity contribution in [2.75, 3.05) is 33.4 Å². The topological polar surface area (TPSA) is 63.6 Å². The summed E-state index contributed by atoms with van der Waals surface area (Å²) in [7, 11) is 5.78. The Morgan fingerprint density at radius 2 is 1.94 bits per heavy atom. The zero-order chi connectivity index (χ0) is 13.5. The number of likely N-dealkylation sites (N-methyl/N-ethyl adjacent to an activating group) is 1. The van der Waals surface area contributed by atoms with Crippen LogP contribution in [0.5, 0.6) is 0 Å². The Kier molecular flexibility index (Phi) is 7.22. The van der Waals surface area contributed by atoms with Crippen molar-refractivity contribution in [3.63, 3.8) is 0 Å². The van der Waals surface area contributed by atoms with E-state index in [1.165, 1.54) is 0 Å². The average Bonchev–Trinajstić information content (AvgIpc) is 2.10. The number of thiol groups is 1. The Hall–Kier alpha value is -0.750. The van der Waals surface area contributed by atoms with E-state index in [0.29, 0.717) is 23.2 Å². The quantitative estimate of drug-likeness (QED) is 0.386. The van der Waals surface area contributed by atoms with Gasteiger partial charge in [0.05, 0.1) is 27.6 Å². The first kappa shape index (κ1) is 16.2. The summed E-state index contributed by atoms with van der Waals surface area (Å²) in [5, 5.41) is 8.76. The van der Waals surface area contributed by atoms with Crippen LogP contribution >= 0.6 is 12.6 Å². The standard InChI is InChI=1S/C11H21NO4S/c1-12(2,3)8-9(7-10(13)14)16-11(15)5-4-6-17/h9H,4-8H2,1-3H3,(H-,13,14,17)/p+1. The highest BCUT2D eigenvalue weighted by molar-refractivity contribution is 7.80. The van der Waals surface area contributed by atoms with Crippen molar-refractivity contribution < 1.29 is 23.9 Å². The smallest absolute Gasteiger partial charge is 0.307 e. The van der Waals surface area contributed by atoms with E-state index >= 15 is 0 Å². The molecule has 17 heavy (non-hydrogen) atoms. The number of ether oxygens (including phenoxy) is 1. The molecule has 100 valence electrons. The normalized spacial score (nSPS) is 13.2. The van der Waals surface area contributed by atoms with Gasteiger partial charge in [0.15, 0.2) is 6.10 Å². The molecule has 0 bridgehead atoms. The first-order chi connectivity index (χ1) is 7.74. The van der Waals surface area contributed by atoms with Gasteiger partial charge in [-0.05, 0) is 12.2 Å². The summed E-state index contributed by atoms with van der Waals surface area (Å²) in [5.74, 6) is -0.683. The lowest BCUT2D eigenvalue weighted by molar-refractivity contribution is -0.873. The zero-order valence-electron chi connectivity index (χ0n) is 10.7. The fourth-order valence-corrected chi connectivity index (χ4v) is 1.58. The second kappa shape index (κ2) is 7.55. The number of rotatable bonds is 8. The van der Waals surface area contributed by atoms with Crippen LogP contribution in [-0.2, 0) is 14.3 Å². The summed E-state index contributed by atoms with van der Waals surface area (Å²) in [4.78, 5) is 22.1. The molecule has 5 nitrogen and oxygen atoms in total. The molecule has 0 rings (SSSR count). The van der Waals surface area contributed by atoms with E-state index in [1.54, 1.807) is 0 Å². The van der Waals surface area contributed by atoms with Crippen LogP contribution in [0.1, 0.15) is 19.3 Å². The van der Waals surface area contributed by atoms with Crippen LogP contribution in [0.15, 0.2) is 0 Å². The molecule has 1 atom stereocenters. The molecule has 1 N–H and O–H groups in total. The van der Waals surface area contributed by atoms with Gasteiger partial charge in [-0.3, -0.25) is 9.59 Å². The van der Waals surface area contributed by atoms with Crippen LogP contribution in [0.25, 0.3) is 0 Å². The lowest BCUT2D eigenvalue weighted by atomic mass is 10.2. The third-order valence-electron chi connectivity index (χ3n) is 1.99. The number of aliphatic carboxylic acids is 1. The SMILES string of the molecule is C[N+](C)(C)CC(CC(=O)O)OC(=O)CCCS. The predicted octanol–water partition coefficient (Wildman–Crippen LogP) is 0.789. The minimum atomic E-state index is -0.953. The van der Waals surface area contributed by atoms with Crippen molar-refractivity contribution >= 4 is 24.6 Å². The zero-order valence-corrected chi connectivity index (χ0v) is 11.6. The van der Waals surface area contributed by atoms with Gasteiger partial charge in [-0.2, -0.15) is 12.6 Å². The van der Waals surface area contributed by atoms with Gasteiger partial charge in [0.2, 0.25) is 0 Å². The van der Waals surface area contributed by atoms with E-state index in [9.17, 15) is 9.59 Å². The molecule has 0 aliphatic carbocycles. The van der Waals surface area contributed by atoms with Gasteiger partial charge in [0.1, 0.15) is 6.54 Å². The van der Waals surface area contributed by atoms with Crippen molar-refractivity contribution in [3.8, 4) is 0 Å². The molecular weight excluding hydrogens is 242 g/mol. The summed E-state index contributed by atoms with van der Waals surface area (Å²) >= 11 is 4.01. The molecule has 0 spiro atoms. The van der Waals surface area contributed by atoms with Gasteiger partial charge in [-0.25, -0.2) is 0 Å². The number of carboxylic acid groups (broad SMARTS) is 1. The Bertz CT molecular complexity index is 263. The lowest BCUT2D eigenvalue weighted by Gasteiger charge is -2.28. The molecule has 0 saturated heterocycles. The Morgan fingerprint density at radius 1 is 1.35 bits per heavy atom. The Balaban J connectivity index is 4.28. The molecule has 0 aromatic heterocycles. The third kappa shape index (κ3) is 10.1. The van der Waals surface area contributed by atoms with Gasteiger partial charge in [-0.1, -0.05) is 0 Å². The summed E-state index contributed by atoms with van der Waals surface area (Å²) in [6, 6.07) is 0. The number of quaternary nitrogens is 1. The molecule has 0 aromatic rings. The minimum Gasteiger partial charge on any atom is -0.481 e. The van der Waals surface area contributed by atoms with Gasteiger partial charge >= 0.3 is 11.9 Å². The highest BCUT2D eigenvalue weighted by Crippen LogP contribution is 2.07. The van der Waals surface area contributed by atoms with E-state index in [1.807, 2.05) is 21.1 Å². The van der Waals surface area contributed by atoms with E-state index < -0.39 is 12.1 Å². The van der Waals surface area contributed by atoms with E-state index in [2.05, 4.69) is 12.6 Å². The number of nitrogens with zero attached hydrogens (tertiary/aromatic N) is 1. The number of carboxylic acids is 1. The molecule has 0 radical (unpaired) electrons. The number of hydrogen-bond acceptors (Lipinski definition) is 4. The second-order valence-electron chi connectivity index (χ2n) is 5.01. The van der Waals surface area contributed by atoms with Crippen LogP contribution in [0.2, 0.25) is 0 Å². The van der Waals surface area contributed by atoms with Crippen LogP contribution in [0.3, 0.4) is 0 Å². The highest BCUT2D eigenvalue weighted by atomic mass is 32.1. The van der Waals surface area contributed by atoms with Crippen LogP contribution in [-0.4, -0.2) is 61.1 Å². The summed E-state index contributed by atoms with van der Waals surface area (Å²) < 4.78 is 5.72. The third-order valence-corrected chi connectivity index (χ3v) is 2.31. The van der Waals surface area contributed by atoms with E-state index in [4.69, 9.17) is 9.84 Å². The number of carbonyl (C=O) groups excluding carboxylic acids is 1. The van der Waals surface area contributed by atoms with Crippen molar-refractivity contribution in [1.29, 1.82) is 0 Å². The molecule has 0 amide bonds. The molecule has 0 aliphatic heterocycles. The molecule has 0 fully saturated rings. The van der Waals surface area contributed by atoms with Crippen LogP contribution in [0.4, 0.5) is 0 Å². The van der Waals surface area contributed by atoms with Crippen molar-refractivity contribution in [3.05, 3.63) is 0 Å². The highest BCUT2D eigenvalue weighted by Gasteiger charge is 2.24. The summed E-state index contributed by atoms with van der Waals surface area (Å²) in [6.45, 7) is 0.485. The molecule has 0 aromatic carbocycles.